The van der Waals surface area contributed by atoms with Gasteiger partial charge in [-0.25, -0.2) is 0 Å². The van der Waals surface area contributed by atoms with E-state index in [1.54, 1.807) is 0 Å². The number of nitrogens with one attached hydrogen (secondary N) is 1. The normalized spacial score (nSPS) is 18.0. The molecule has 1 N–H and O–H groups in total. The molecule has 1 aliphatic carbocycles. The molecule has 1 aromatic rings. The lowest BCUT2D eigenvalue weighted by Gasteiger charge is -2.26. The molecule has 1 fully saturated rings. The van der Waals surface area contributed by atoms with Crippen LogP contribution in [0.3, 0.4) is 0 Å². The van der Waals surface area contributed by atoms with Crippen molar-refractivity contribution in [1.82, 2.24) is 5.32 Å². The van der Waals surface area contributed by atoms with E-state index in [2.05, 4.69) is 44.3 Å². The molecule has 0 amide bonds. The van der Waals surface area contributed by atoms with Crippen molar-refractivity contribution in [3.05, 3.63) is 34.4 Å². The van der Waals surface area contributed by atoms with Crippen molar-refractivity contribution in [3.8, 4) is 6.07 Å². The molecule has 1 aromatic carbocycles. The number of benzene rings is 1. The van der Waals surface area contributed by atoms with E-state index in [1.807, 2.05) is 0 Å². The van der Waals surface area contributed by atoms with Crippen LogP contribution in [-0.2, 0) is 0 Å². The molecule has 19 heavy (non-hydrogen) atoms. The highest BCUT2D eigenvalue weighted by molar-refractivity contribution is 5.40. The molecule has 0 spiro atoms. The first kappa shape index (κ1) is 14.1. The second-order valence-electron chi connectivity index (χ2n) is 5.86. The summed E-state index contributed by atoms with van der Waals surface area (Å²) in [6.45, 7) is 6.35. The maximum atomic E-state index is 9.48. The topological polar surface area (TPSA) is 35.8 Å². The SMILES string of the molecule is Cc1cc(C)c(C(C#N)NC2CCCCC2)cc1C. The fraction of sp³-hybridized carbons (Fsp3) is 0.588. The van der Waals surface area contributed by atoms with Gasteiger partial charge in [0.2, 0.25) is 0 Å². The average molecular weight is 256 g/mol. The van der Waals surface area contributed by atoms with Crippen molar-refractivity contribution in [3.63, 3.8) is 0 Å². The molecule has 1 unspecified atom stereocenters. The van der Waals surface area contributed by atoms with Crippen LogP contribution in [0.1, 0.15) is 60.4 Å². The molecule has 2 nitrogen and oxygen atoms in total. The fourth-order valence-corrected chi connectivity index (χ4v) is 3.00. The average Bonchev–Trinajstić information content (AvgIpc) is 2.42. The molecule has 1 saturated carbocycles. The van der Waals surface area contributed by atoms with E-state index in [0.29, 0.717) is 6.04 Å². The first-order chi connectivity index (χ1) is 9.11. The van der Waals surface area contributed by atoms with Crippen molar-refractivity contribution in [2.45, 2.75) is 65.0 Å². The standard InChI is InChI=1S/C17H24N2/c1-12-9-14(3)16(10-13(12)2)17(11-18)19-15-7-5-4-6-8-15/h9-10,15,17,19H,4-8H2,1-3H3. The van der Waals surface area contributed by atoms with Crippen LogP contribution < -0.4 is 5.32 Å². The molecular formula is C17H24N2. The molecule has 0 radical (unpaired) electrons. The van der Waals surface area contributed by atoms with Gasteiger partial charge in [-0.1, -0.05) is 31.4 Å². The van der Waals surface area contributed by atoms with Gasteiger partial charge < -0.3 is 0 Å². The van der Waals surface area contributed by atoms with Crippen molar-refractivity contribution >= 4 is 0 Å². The van der Waals surface area contributed by atoms with Crippen molar-refractivity contribution in [1.29, 1.82) is 5.26 Å². The number of nitrogens with zero attached hydrogens (tertiary/aromatic N) is 1. The molecule has 0 aliphatic heterocycles. The number of hydrogen-bond donors (Lipinski definition) is 1. The highest BCUT2D eigenvalue weighted by Crippen LogP contribution is 2.25. The van der Waals surface area contributed by atoms with Gasteiger partial charge in [0.25, 0.3) is 0 Å². The van der Waals surface area contributed by atoms with E-state index >= 15 is 0 Å². The summed E-state index contributed by atoms with van der Waals surface area (Å²) in [5.41, 5.74) is 4.94. The highest BCUT2D eigenvalue weighted by atomic mass is 14.9. The molecule has 2 rings (SSSR count). The predicted molar refractivity (Wildman–Crippen MR) is 79.0 cm³/mol. The zero-order valence-electron chi connectivity index (χ0n) is 12.3. The van der Waals surface area contributed by atoms with Gasteiger partial charge in [0.15, 0.2) is 0 Å². The highest BCUT2D eigenvalue weighted by Gasteiger charge is 2.20. The number of hydrogen-bond acceptors (Lipinski definition) is 2. The Morgan fingerprint density at radius 3 is 2.32 bits per heavy atom. The van der Waals surface area contributed by atoms with Crippen LogP contribution in [0.25, 0.3) is 0 Å². The third-order valence-corrected chi connectivity index (χ3v) is 4.33. The summed E-state index contributed by atoms with van der Waals surface area (Å²) in [5.74, 6) is 0. The summed E-state index contributed by atoms with van der Waals surface area (Å²) in [6, 6.07) is 7.16. The van der Waals surface area contributed by atoms with Crippen LogP contribution in [0.5, 0.6) is 0 Å². The molecular weight excluding hydrogens is 232 g/mol. The van der Waals surface area contributed by atoms with E-state index < -0.39 is 0 Å². The summed E-state index contributed by atoms with van der Waals surface area (Å²) in [5, 5.41) is 13.0. The van der Waals surface area contributed by atoms with Gasteiger partial charge in [0.1, 0.15) is 6.04 Å². The quantitative estimate of drug-likeness (QED) is 0.883. The van der Waals surface area contributed by atoms with Crippen LogP contribution in [0.4, 0.5) is 0 Å². The lowest BCUT2D eigenvalue weighted by molar-refractivity contribution is 0.359. The smallest absolute Gasteiger partial charge is 0.121 e. The Morgan fingerprint density at radius 1 is 1.05 bits per heavy atom. The van der Waals surface area contributed by atoms with Gasteiger partial charge in [-0.15, -0.1) is 0 Å². The summed E-state index contributed by atoms with van der Waals surface area (Å²) < 4.78 is 0. The lowest BCUT2D eigenvalue weighted by Crippen LogP contribution is -2.34. The molecule has 0 aromatic heterocycles. The molecule has 0 heterocycles. The minimum absolute atomic E-state index is 0.164. The first-order valence-corrected chi connectivity index (χ1v) is 7.35. The van der Waals surface area contributed by atoms with Gasteiger partial charge in [-0.05, 0) is 55.9 Å². The molecule has 0 bridgehead atoms. The maximum absolute atomic E-state index is 9.48. The number of aryl methyl sites for hydroxylation is 3. The van der Waals surface area contributed by atoms with E-state index in [0.717, 1.165) is 5.56 Å². The summed E-state index contributed by atoms with van der Waals surface area (Å²) in [6.07, 6.45) is 6.35. The van der Waals surface area contributed by atoms with Crippen molar-refractivity contribution in [2.75, 3.05) is 0 Å². The van der Waals surface area contributed by atoms with Crippen LogP contribution in [-0.4, -0.2) is 6.04 Å². The van der Waals surface area contributed by atoms with Crippen molar-refractivity contribution in [2.24, 2.45) is 0 Å². The zero-order chi connectivity index (χ0) is 13.8. The largest absolute Gasteiger partial charge is 0.295 e. The summed E-state index contributed by atoms with van der Waals surface area (Å²) >= 11 is 0. The molecule has 0 saturated heterocycles. The van der Waals surface area contributed by atoms with Crippen LogP contribution >= 0.6 is 0 Å². The van der Waals surface area contributed by atoms with E-state index in [4.69, 9.17) is 0 Å². The van der Waals surface area contributed by atoms with Crippen LogP contribution in [0, 0.1) is 32.1 Å². The third-order valence-electron chi connectivity index (χ3n) is 4.33. The van der Waals surface area contributed by atoms with Crippen molar-refractivity contribution < 1.29 is 0 Å². The Labute approximate surface area is 116 Å². The first-order valence-electron chi connectivity index (χ1n) is 7.35. The Morgan fingerprint density at radius 2 is 1.68 bits per heavy atom. The van der Waals surface area contributed by atoms with E-state index in [-0.39, 0.29) is 6.04 Å². The fourth-order valence-electron chi connectivity index (χ4n) is 3.00. The molecule has 102 valence electrons. The van der Waals surface area contributed by atoms with E-state index in [9.17, 15) is 5.26 Å². The lowest BCUT2D eigenvalue weighted by atomic mass is 9.92. The Balaban J connectivity index is 2.17. The maximum Gasteiger partial charge on any atom is 0.121 e. The monoisotopic (exact) mass is 256 g/mol. The van der Waals surface area contributed by atoms with Gasteiger partial charge in [0, 0.05) is 6.04 Å². The number of rotatable bonds is 3. The van der Waals surface area contributed by atoms with Crippen LogP contribution in [0.2, 0.25) is 0 Å². The molecule has 2 heteroatoms. The van der Waals surface area contributed by atoms with Gasteiger partial charge in [0.05, 0.1) is 6.07 Å². The second-order valence-corrected chi connectivity index (χ2v) is 5.86. The second kappa shape index (κ2) is 6.21. The van der Waals surface area contributed by atoms with Gasteiger partial charge in [-0.2, -0.15) is 5.26 Å². The Bertz CT molecular complexity index is 479. The predicted octanol–water partition coefficient (Wildman–Crippen LogP) is 4.10. The number of nitriles is 1. The van der Waals surface area contributed by atoms with Crippen LogP contribution in [0.15, 0.2) is 12.1 Å². The van der Waals surface area contributed by atoms with Gasteiger partial charge in [-0.3, -0.25) is 5.32 Å². The summed E-state index contributed by atoms with van der Waals surface area (Å²) in [7, 11) is 0. The third kappa shape index (κ3) is 3.36. The summed E-state index contributed by atoms with van der Waals surface area (Å²) in [4.78, 5) is 0. The Kier molecular flexibility index (Phi) is 4.61. The molecule has 1 atom stereocenters. The minimum Gasteiger partial charge on any atom is -0.295 e. The minimum atomic E-state index is -0.164. The molecule has 1 aliphatic rings. The van der Waals surface area contributed by atoms with Gasteiger partial charge >= 0.3 is 0 Å². The zero-order valence-corrected chi connectivity index (χ0v) is 12.3. The van der Waals surface area contributed by atoms with E-state index in [1.165, 1.54) is 48.8 Å². The Hall–Kier alpha value is -1.33.